The molecule has 20 heavy (non-hydrogen) atoms. The van der Waals surface area contributed by atoms with E-state index in [9.17, 15) is 16.8 Å². The maximum absolute atomic E-state index is 12.2. The maximum atomic E-state index is 12.2. The van der Waals surface area contributed by atoms with E-state index in [1.165, 1.54) is 12.1 Å². The Kier molecular flexibility index (Phi) is 4.43. The second kappa shape index (κ2) is 5.63. The minimum atomic E-state index is -3.68. The van der Waals surface area contributed by atoms with Gasteiger partial charge in [-0.2, -0.15) is 0 Å². The van der Waals surface area contributed by atoms with Crippen LogP contribution in [0.5, 0.6) is 0 Å². The van der Waals surface area contributed by atoms with Crippen molar-refractivity contribution in [3.63, 3.8) is 0 Å². The summed E-state index contributed by atoms with van der Waals surface area (Å²) in [7, 11) is -6.69. The van der Waals surface area contributed by atoms with Gasteiger partial charge in [0.05, 0.1) is 16.4 Å². The van der Waals surface area contributed by atoms with Crippen LogP contribution in [0.15, 0.2) is 27.6 Å². The quantitative estimate of drug-likeness (QED) is 0.754. The van der Waals surface area contributed by atoms with Crippen LogP contribution in [0, 0.1) is 0 Å². The number of sulfonamides is 1. The van der Waals surface area contributed by atoms with E-state index in [0.29, 0.717) is 23.0 Å². The normalized spacial score (nSPS) is 19.9. The van der Waals surface area contributed by atoms with Crippen molar-refractivity contribution in [2.75, 3.05) is 17.2 Å². The van der Waals surface area contributed by atoms with Crippen LogP contribution in [0.1, 0.15) is 12.8 Å². The van der Waals surface area contributed by atoms with E-state index in [1.54, 1.807) is 6.07 Å². The summed E-state index contributed by atoms with van der Waals surface area (Å²) in [5.74, 6) is 0.0331. The smallest absolute Gasteiger partial charge is 0.240 e. The van der Waals surface area contributed by atoms with E-state index in [1.807, 2.05) is 0 Å². The highest BCUT2D eigenvalue weighted by atomic mass is 79.9. The second-order valence-corrected chi connectivity index (χ2v) is 9.60. The number of nitrogens with one attached hydrogen (secondary N) is 1. The molecule has 0 spiro atoms. The molecule has 0 bridgehead atoms. The van der Waals surface area contributed by atoms with Crippen LogP contribution >= 0.6 is 15.9 Å². The maximum Gasteiger partial charge on any atom is 0.240 e. The van der Waals surface area contributed by atoms with Gasteiger partial charge in [0.1, 0.15) is 9.84 Å². The van der Waals surface area contributed by atoms with E-state index in [0.717, 1.165) is 0 Å². The molecule has 1 aliphatic heterocycles. The van der Waals surface area contributed by atoms with Gasteiger partial charge in [-0.05, 0) is 47.0 Å². The molecule has 0 unspecified atom stereocenters. The molecule has 0 radical (unpaired) electrons. The van der Waals surface area contributed by atoms with Gasteiger partial charge < -0.3 is 5.73 Å². The number of sulfone groups is 1. The first-order valence-corrected chi connectivity index (χ1v) is 10.1. The fourth-order valence-electron chi connectivity index (χ4n) is 1.98. The monoisotopic (exact) mass is 382 g/mol. The van der Waals surface area contributed by atoms with Crippen molar-refractivity contribution in [1.29, 1.82) is 0 Å². The highest BCUT2D eigenvalue weighted by molar-refractivity contribution is 9.10. The van der Waals surface area contributed by atoms with E-state index in [-0.39, 0.29) is 22.4 Å². The lowest BCUT2D eigenvalue weighted by molar-refractivity contribution is 0.505. The zero-order chi connectivity index (χ0) is 15.0. The lowest BCUT2D eigenvalue weighted by Crippen LogP contribution is -2.40. The van der Waals surface area contributed by atoms with Gasteiger partial charge in [0.15, 0.2) is 0 Å². The number of hydrogen-bond acceptors (Lipinski definition) is 5. The summed E-state index contributed by atoms with van der Waals surface area (Å²) in [4.78, 5) is 0.0756. The fraction of sp³-hybridized carbons (Fsp3) is 0.455. The zero-order valence-corrected chi connectivity index (χ0v) is 13.8. The first-order chi connectivity index (χ1) is 9.20. The number of rotatable bonds is 3. The van der Waals surface area contributed by atoms with Crippen LogP contribution in [-0.2, 0) is 19.9 Å². The summed E-state index contributed by atoms with van der Waals surface area (Å²) in [6.45, 7) is 0. The molecule has 0 amide bonds. The first kappa shape index (κ1) is 15.7. The lowest BCUT2D eigenvalue weighted by atomic mass is 10.2. The molecule has 0 aromatic heterocycles. The topological polar surface area (TPSA) is 106 Å². The fourth-order valence-corrected chi connectivity index (χ4v) is 5.06. The van der Waals surface area contributed by atoms with E-state index < -0.39 is 19.9 Å². The minimum Gasteiger partial charge on any atom is -0.398 e. The Labute approximate surface area is 126 Å². The molecule has 0 saturated carbocycles. The molecule has 1 aliphatic rings. The molecule has 1 aromatic rings. The summed E-state index contributed by atoms with van der Waals surface area (Å²) in [6, 6.07) is 4.03. The van der Waals surface area contributed by atoms with Crippen molar-refractivity contribution in [2.45, 2.75) is 23.8 Å². The van der Waals surface area contributed by atoms with Crippen LogP contribution in [0.25, 0.3) is 0 Å². The third-order valence-corrected chi connectivity index (χ3v) is 7.11. The van der Waals surface area contributed by atoms with Crippen molar-refractivity contribution in [3.8, 4) is 0 Å². The number of anilines is 1. The second-order valence-electron chi connectivity index (χ2n) is 4.73. The largest absolute Gasteiger partial charge is 0.398 e. The van der Waals surface area contributed by atoms with Crippen molar-refractivity contribution >= 4 is 41.5 Å². The SMILES string of the molecule is Nc1cc(S(=O)(=O)NC2CCS(=O)(=O)CC2)ccc1Br. The van der Waals surface area contributed by atoms with Gasteiger partial charge >= 0.3 is 0 Å². The predicted octanol–water partition coefficient (Wildman–Crippen LogP) is 0.887. The molecule has 1 saturated heterocycles. The number of nitrogens with two attached hydrogens (primary N) is 1. The first-order valence-electron chi connectivity index (χ1n) is 5.97. The van der Waals surface area contributed by atoms with E-state index >= 15 is 0 Å². The van der Waals surface area contributed by atoms with E-state index in [4.69, 9.17) is 5.73 Å². The summed E-state index contributed by atoms with van der Waals surface area (Å²) >= 11 is 3.20. The third-order valence-electron chi connectivity index (χ3n) is 3.15. The zero-order valence-electron chi connectivity index (χ0n) is 10.5. The molecule has 0 aliphatic carbocycles. The Morgan fingerprint density at radius 2 is 1.85 bits per heavy atom. The Morgan fingerprint density at radius 1 is 1.25 bits per heavy atom. The highest BCUT2D eigenvalue weighted by Crippen LogP contribution is 2.23. The third kappa shape index (κ3) is 3.72. The molecular weight excluding hydrogens is 368 g/mol. The molecule has 0 atom stereocenters. The van der Waals surface area contributed by atoms with Crippen LogP contribution in [0.2, 0.25) is 0 Å². The van der Waals surface area contributed by atoms with Crippen molar-refractivity contribution < 1.29 is 16.8 Å². The van der Waals surface area contributed by atoms with Crippen molar-refractivity contribution in [1.82, 2.24) is 4.72 Å². The average Bonchev–Trinajstić information content (AvgIpc) is 2.35. The van der Waals surface area contributed by atoms with Gasteiger partial charge in [0.25, 0.3) is 0 Å². The Bertz CT molecular complexity index is 702. The van der Waals surface area contributed by atoms with Crippen LogP contribution in [0.4, 0.5) is 5.69 Å². The Morgan fingerprint density at radius 3 is 2.40 bits per heavy atom. The van der Waals surface area contributed by atoms with Gasteiger partial charge in [-0.25, -0.2) is 21.6 Å². The van der Waals surface area contributed by atoms with E-state index in [2.05, 4.69) is 20.7 Å². The minimum absolute atomic E-state index is 0.0165. The number of hydrogen-bond donors (Lipinski definition) is 2. The summed E-state index contributed by atoms with van der Waals surface area (Å²) < 4.78 is 50.2. The summed E-state index contributed by atoms with van der Waals surface area (Å²) in [5.41, 5.74) is 6.00. The molecule has 1 heterocycles. The van der Waals surface area contributed by atoms with Crippen LogP contribution in [0.3, 0.4) is 0 Å². The van der Waals surface area contributed by atoms with Crippen molar-refractivity contribution in [2.24, 2.45) is 0 Å². The molecule has 1 fully saturated rings. The number of benzene rings is 1. The van der Waals surface area contributed by atoms with Gasteiger partial charge in [-0.1, -0.05) is 0 Å². The number of nitrogen functional groups attached to an aromatic ring is 1. The lowest BCUT2D eigenvalue weighted by Gasteiger charge is -2.23. The highest BCUT2D eigenvalue weighted by Gasteiger charge is 2.27. The predicted molar refractivity (Wildman–Crippen MR) is 80.6 cm³/mol. The van der Waals surface area contributed by atoms with Gasteiger partial charge in [0, 0.05) is 16.2 Å². The van der Waals surface area contributed by atoms with Gasteiger partial charge in [0.2, 0.25) is 10.0 Å². The molecule has 112 valence electrons. The molecule has 9 heteroatoms. The standard InChI is InChI=1S/C11H15BrN2O4S2/c12-10-2-1-9(7-11(10)13)20(17,18)14-8-3-5-19(15,16)6-4-8/h1-2,7-8,14H,3-6,13H2. The summed E-state index contributed by atoms with van der Waals surface area (Å²) in [6.07, 6.45) is 0.598. The van der Waals surface area contributed by atoms with Crippen LogP contribution < -0.4 is 10.5 Å². The van der Waals surface area contributed by atoms with Crippen LogP contribution in [-0.4, -0.2) is 34.4 Å². The molecule has 6 nitrogen and oxygen atoms in total. The van der Waals surface area contributed by atoms with Gasteiger partial charge in [-0.15, -0.1) is 0 Å². The molecular formula is C11H15BrN2O4S2. The molecule has 2 rings (SSSR count). The van der Waals surface area contributed by atoms with Gasteiger partial charge in [-0.3, -0.25) is 0 Å². The Balaban J connectivity index is 2.13. The Hall–Kier alpha value is -0.640. The molecule has 3 N–H and O–H groups in total. The summed E-state index contributed by atoms with van der Waals surface area (Å²) in [5, 5.41) is 0. The van der Waals surface area contributed by atoms with Crippen molar-refractivity contribution in [3.05, 3.63) is 22.7 Å². The molecule has 1 aromatic carbocycles. The average molecular weight is 383 g/mol. The number of halogens is 1.